The van der Waals surface area contributed by atoms with Crippen LogP contribution in [-0.2, 0) is 6.54 Å². The first-order valence-corrected chi connectivity index (χ1v) is 8.88. The number of carboxylic acids is 1. The van der Waals surface area contributed by atoms with Crippen LogP contribution in [0.3, 0.4) is 0 Å². The minimum atomic E-state index is -1.23. The van der Waals surface area contributed by atoms with Crippen LogP contribution in [0.25, 0.3) is 10.9 Å². The van der Waals surface area contributed by atoms with Crippen molar-refractivity contribution in [2.75, 3.05) is 7.11 Å². The van der Waals surface area contributed by atoms with Crippen LogP contribution in [0.1, 0.15) is 15.9 Å². The monoisotopic (exact) mass is 465 g/mol. The Bertz CT molecular complexity index is 1020. The maximum atomic E-state index is 12.3. The number of para-hydroxylation sites is 1. The summed E-state index contributed by atoms with van der Waals surface area (Å²) in [6.45, 7) is 0.405. The number of rotatable bonds is 4. The molecule has 1 aromatic heterocycles. The number of benzene rings is 2. The number of hydrogen-bond donors (Lipinski definition) is 1. The summed E-state index contributed by atoms with van der Waals surface area (Å²) in [7, 11) is 1.58. The van der Waals surface area contributed by atoms with E-state index < -0.39 is 11.4 Å². The molecule has 0 aliphatic rings. The van der Waals surface area contributed by atoms with Crippen molar-refractivity contribution in [3.05, 3.63) is 72.9 Å². The molecule has 0 radical (unpaired) electrons. The number of carboxylic acid groups (broad SMARTS) is 1. The molecule has 0 aliphatic heterocycles. The number of pyridine rings is 1. The van der Waals surface area contributed by atoms with Crippen molar-refractivity contribution in [2.24, 2.45) is 0 Å². The van der Waals surface area contributed by atoms with Crippen molar-refractivity contribution in [1.82, 2.24) is 4.57 Å². The van der Waals surface area contributed by atoms with Crippen LogP contribution in [0.15, 0.2) is 56.3 Å². The van der Waals surface area contributed by atoms with Gasteiger partial charge in [-0.15, -0.1) is 0 Å². The lowest BCUT2D eigenvalue weighted by Crippen LogP contribution is -2.19. The van der Waals surface area contributed by atoms with Crippen molar-refractivity contribution in [2.45, 2.75) is 6.54 Å². The third kappa shape index (κ3) is 3.34. The van der Waals surface area contributed by atoms with Crippen molar-refractivity contribution < 1.29 is 14.6 Å². The summed E-state index contributed by atoms with van der Waals surface area (Å²) in [5.41, 5.74) is 0.882. The molecule has 3 aromatic rings. The summed E-state index contributed by atoms with van der Waals surface area (Å²) in [6, 6.07) is 10.8. The molecular formula is C18H13Br2NO4. The smallest absolute Gasteiger partial charge is 0.341 e. The molecule has 1 heterocycles. The summed E-state index contributed by atoms with van der Waals surface area (Å²) in [5.74, 6) is -0.554. The van der Waals surface area contributed by atoms with Crippen LogP contribution in [0, 0.1) is 0 Å². The fourth-order valence-electron chi connectivity index (χ4n) is 2.72. The molecule has 7 heteroatoms. The number of hydrogen-bond acceptors (Lipinski definition) is 3. The van der Waals surface area contributed by atoms with Gasteiger partial charge in [0.05, 0.1) is 21.6 Å². The zero-order valence-corrected chi connectivity index (χ0v) is 16.3. The predicted molar refractivity (Wildman–Crippen MR) is 103 cm³/mol. The van der Waals surface area contributed by atoms with E-state index in [9.17, 15) is 14.7 Å². The van der Waals surface area contributed by atoms with Gasteiger partial charge in [-0.05, 0) is 61.7 Å². The summed E-state index contributed by atoms with van der Waals surface area (Å²) in [5, 5.41) is 9.71. The highest BCUT2D eigenvalue weighted by Gasteiger charge is 2.15. The fourth-order valence-corrected chi connectivity index (χ4v) is 4.33. The number of aromatic carboxylic acids is 1. The quantitative estimate of drug-likeness (QED) is 0.623. The van der Waals surface area contributed by atoms with Crippen LogP contribution >= 0.6 is 31.9 Å². The lowest BCUT2D eigenvalue weighted by atomic mass is 10.1. The average Bonchev–Trinajstić information content (AvgIpc) is 2.57. The highest BCUT2D eigenvalue weighted by atomic mass is 79.9. The van der Waals surface area contributed by atoms with Crippen LogP contribution in [0.2, 0.25) is 0 Å². The number of ether oxygens (including phenoxy) is 1. The van der Waals surface area contributed by atoms with E-state index in [4.69, 9.17) is 4.74 Å². The first-order valence-electron chi connectivity index (χ1n) is 7.29. The van der Waals surface area contributed by atoms with Crippen molar-refractivity contribution in [3.8, 4) is 5.75 Å². The zero-order valence-electron chi connectivity index (χ0n) is 13.1. The summed E-state index contributed by atoms with van der Waals surface area (Å²) >= 11 is 6.92. The van der Waals surface area contributed by atoms with Gasteiger partial charge in [0.25, 0.3) is 0 Å². The van der Waals surface area contributed by atoms with E-state index in [1.54, 1.807) is 29.9 Å². The van der Waals surface area contributed by atoms with Crippen molar-refractivity contribution in [1.29, 1.82) is 0 Å². The van der Waals surface area contributed by atoms with E-state index in [1.165, 1.54) is 6.20 Å². The molecule has 2 aromatic carbocycles. The Morgan fingerprint density at radius 3 is 2.44 bits per heavy atom. The minimum Gasteiger partial charge on any atom is -0.494 e. The van der Waals surface area contributed by atoms with Gasteiger partial charge in [0.2, 0.25) is 5.43 Å². The van der Waals surface area contributed by atoms with Gasteiger partial charge < -0.3 is 14.4 Å². The molecule has 3 rings (SSSR count). The van der Waals surface area contributed by atoms with Gasteiger partial charge in [-0.25, -0.2) is 4.79 Å². The molecule has 0 bridgehead atoms. The first kappa shape index (κ1) is 17.7. The number of aromatic nitrogens is 1. The Labute approximate surface area is 160 Å². The van der Waals surface area contributed by atoms with Gasteiger partial charge in [0, 0.05) is 18.1 Å². The molecule has 0 atom stereocenters. The van der Waals surface area contributed by atoms with Gasteiger partial charge in [-0.3, -0.25) is 4.79 Å². The highest BCUT2D eigenvalue weighted by molar-refractivity contribution is 9.11. The molecule has 0 spiro atoms. The molecule has 0 saturated carbocycles. The Kier molecular flexibility index (Phi) is 4.96. The Hall–Kier alpha value is -2.12. The number of methoxy groups -OCH3 is 1. The van der Waals surface area contributed by atoms with Crippen LogP contribution < -0.4 is 10.2 Å². The van der Waals surface area contributed by atoms with E-state index in [0.29, 0.717) is 23.2 Å². The second kappa shape index (κ2) is 7.01. The Morgan fingerprint density at radius 1 is 1.20 bits per heavy atom. The number of fused-ring (bicyclic) bond motifs is 1. The largest absolute Gasteiger partial charge is 0.494 e. The summed E-state index contributed by atoms with van der Waals surface area (Å²) in [6.07, 6.45) is 1.39. The van der Waals surface area contributed by atoms with Crippen LogP contribution in [0.5, 0.6) is 5.75 Å². The van der Waals surface area contributed by atoms with Gasteiger partial charge in [-0.2, -0.15) is 0 Å². The Morgan fingerprint density at radius 2 is 1.84 bits per heavy atom. The molecule has 0 fully saturated rings. The predicted octanol–water partition coefficient (Wildman–Crippen LogP) is 4.28. The van der Waals surface area contributed by atoms with Gasteiger partial charge in [0.15, 0.2) is 0 Å². The SMILES string of the molecule is COc1c(Br)cc(Cn2cc(C(=O)O)c(=O)c3ccccc32)cc1Br. The number of carbonyl (C=O) groups is 1. The van der Waals surface area contributed by atoms with E-state index in [-0.39, 0.29) is 5.56 Å². The van der Waals surface area contributed by atoms with E-state index in [2.05, 4.69) is 31.9 Å². The fraction of sp³-hybridized carbons (Fsp3) is 0.111. The third-order valence-corrected chi connectivity index (χ3v) is 5.01. The van der Waals surface area contributed by atoms with Gasteiger partial charge >= 0.3 is 5.97 Å². The van der Waals surface area contributed by atoms with Crippen LogP contribution in [-0.4, -0.2) is 22.8 Å². The maximum Gasteiger partial charge on any atom is 0.341 e. The molecule has 0 amide bonds. The molecule has 25 heavy (non-hydrogen) atoms. The first-order chi connectivity index (χ1) is 11.9. The summed E-state index contributed by atoms with van der Waals surface area (Å²) < 4.78 is 8.62. The summed E-state index contributed by atoms with van der Waals surface area (Å²) in [4.78, 5) is 23.8. The molecular weight excluding hydrogens is 454 g/mol. The molecule has 128 valence electrons. The van der Waals surface area contributed by atoms with Crippen molar-refractivity contribution >= 4 is 48.7 Å². The third-order valence-electron chi connectivity index (χ3n) is 3.83. The molecule has 0 unspecified atom stereocenters. The van der Waals surface area contributed by atoms with Crippen molar-refractivity contribution in [3.63, 3.8) is 0 Å². The molecule has 0 saturated heterocycles. The number of nitrogens with zero attached hydrogens (tertiary/aromatic N) is 1. The van der Waals surface area contributed by atoms with Crippen LogP contribution in [0.4, 0.5) is 0 Å². The standard InChI is InChI=1S/C18H13Br2NO4/c1-25-17-13(19)6-10(7-14(17)20)8-21-9-12(18(23)24)16(22)11-4-2-3-5-15(11)21/h2-7,9H,8H2,1H3,(H,23,24). The molecule has 1 N–H and O–H groups in total. The van der Waals surface area contributed by atoms with Gasteiger partial charge in [0.1, 0.15) is 11.3 Å². The lowest BCUT2D eigenvalue weighted by molar-refractivity contribution is 0.0695. The lowest BCUT2D eigenvalue weighted by Gasteiger charge is -2.14. The maximum absolute atomic E-state index is 12.3. The topological polar surface area (TPSA) is 68.5 Å². The normalized spacial score (nSPS) is 10.8. The Balaban J connectivity index is 2.18. The number of halogens is 2. The van der Waals surface area contributed by atoms with Gasteiger partial charge in [-0.1, -0.05) is 12.1 Å². The second-order valence-electron chi connectivity index (χ2n) is 5.41. The van der Waals surface area contributed by atoms with E-state index in [1.807, 2.05) is 18.2 Å². The second-order valence-corrected chi connectivity index (χ2v) is 7.12. The minimum absolute atomic E-state index is 0.245. The zero-order chi connectivity index (χ0) is 18.1. The van der Waals surface area contributed by atoms with E-state index >= 15 is 0 Å². The average molecular weight is 467 g/mol. The highest BCUT2D eigenvalue weighted by Crippen LogP contribution is 2.34. The van der Waals surface area contributed by atoms with E-state index in [0.717, 1.165) is 14.5 Å². The molecule has 0 aliphatic carbocycles. The molecule has 5 nitrogen and oxygen atoms in total.